The second-order valence-corrected chi connectivity index (χ2v) is 4.46. The summed E-state index contributed by atoms with van der Waals surface area (Å²) < 4.78 is 1.02. The number of rotatable bonds is 2. The van der Waals surface area contributed by atoms with Crippen LogP contribution < -0.4 is 0 Å². The highest BCUT2D eigenvalue weighted by Gasteiger charge is 2.15. The Bertz CT molecular complexity index is 232. The van der Waals surface area contributed by atoms with Gasteiger partial charge in [0.05, 0.1) is 6.10 Å². The van der Waals surface area contributed by atoms with Crippen LogP contribution in [0.1, 0.15) is 25.5 Å². The fraction of sp³-hybridized carbons (Fsp3) is 0.500. The highest BCUT2D eigenvalue weighted by atomic mass is 79.9. The van der Waals surface area contributed by atoms with Gasteiger partial charge in [0.15, 0.2) is 0 Å². The average molecular weight is 235 g/mol. The summed E-state index contributed by atoms with van der Waals surface area (Å²) in [5.74, 6) is 0.279. The molecule has 1 unspecified atom stereocenters. The molecule has 1 heterocycles. The zero-order valence-electron chi connectivity index (χ0n) is 6.54. The lowest BCUT2D eigenvalue weighted by atomic mass is 10.0. The van der Waals surface area contributed by atoms with Crippen LogP contribution in [0.2, 0.25) is 0 Å². The van der Waals surface area contributed by atoms with Gasteiger partial charge in [-0.05, 0) is 27.2 Å². The van der Waals surface area contributed by atoms with Gasteiger partial charge in [0.2, 0.25) is 0 Å². The fourth-order valence-electron chi connectivity index (χ4n) is 0.862. The molecule has 0 aliphatic rings. The van der Waals surface area contributed by atoms with Crippen LogP contribution in [0.5, 0.6) is 0 Å². The molecule has 62 valence electrons. The topological polar surface area (TPSA) is 20.2 Å². The van der Waals surface area contributed by atoms with E-state index in [2.05, 4.69) is 15.9 Å². The van der Waals surface area contributed by atoms with Crippen LogP contribution in [-0.4, -0.2) is 5.11 Å². The predicted molar refractivity (Wildman–Crippen MR) is 51.8 cm³/mol. The number of hydrogen-bond donors (Lipinski definition) is 1. The number of aliphatic hydroxyl groups is 1. The smallest absolute Gasteiger partial charge is 0.0831 e. The molecule has 0 radical (unpaired) electrons. The van der Waals surface area contributed by atoms with Crippen molar-refractivity contribution in [3.63, 3.8) is 0 Å². The summed E-state index contributed by atoms with van der Waals surface area (Å²) in [7, 11) is 0. The third-order valence-electron chi connectivity index (χ3n) is 1.59. The first-order valence-electron chi connectivity index (χ1n) is 3.52. The Morgan fingerprint density at radius 1 is 1.45 bits per heavy atom. The molecular formula is C8H11BrOS. The van der Waals surface area contributed by atoms with E-state index in [1.807, 2.05) is 24.6 Å². The Morgan fingerprint density at radius 3 is 2.45 bits per heavy atom. The summed E-state index contributed by atoms with van der Waals surface area (Å²) in [6.07, 6.45) is -0.337. The van der Waals surface area contributed by atoms with Crippen LogP contribution in [0.4, 0.5) is 0 Å². The number of thiophene rings is 1. The SMILES string of the molecule is CC(C)C(O)c1cscc1Br. The molecule has 1 nitrogen and oxygen atoms in total. The van der Waals surface area contributed by atoms with E-state index >= 15 is 0 Å². The molecule has 0 saturated heterocycles. The molecule has 0 saturated carbocycles. The molecular weight excluding hydrogens is 224 g/mol. The second kappa shape index (κ2) is 3.70. The van der Waals surface area contributed by atoms with E-state index in [-0.39, 0.29) is 12.0 Å². The highest BCUT2D eigenvalue weighted by molar-refractivity contribution is 9.10. The average Bonchev–Trinajstić information content (AvgIpc) is 2.33. The molecule has 0 aliphatic carbocycles. The minimum Gasteiger partial charge on any atom is -0.388 e. The van der Waals surface area contributed by atoms with Gasteiger partial charge in [0.1, 0.15) is 0 Å². The molecule has 0 amide bonds. The van der Waals surface area contributed by atoms with Gasteiger partial charge in [-0.15, -0.1) is 0 Å². The van der Waals surface area contributed by atoms with Gasteiger partial charge in [-0.3, -0.25) is 0 Å². The minimum atomic E-state index is -0.337. The number of halogens is 1. The summed E-state index contributed by atoms with van der Waals surface area (Å²) in [4.78, 5) is 0. The van der Waals surface area contributed by atoms with E-state index in [1.165, 1.54) is 0 Å². The molecule has 0 aromatic carbocycles. The Morgan fingerprint density at radius 2 is 2.09 bits per heavy atom. The summed E-state index contributed by atoms with van der Waals surface area (Å²) >= 11 is 4.99. The van der Waals surface area contributed by atoms with Crippen molar-refractivity contribution in [3.8, 4) is 0 Å². The van der Waals surface area contributed by atoms with Crippen molar-refractivity contribution >= 4 is 27.3 Å². The largest absolute Gasteiger partial charge is 0.388 e. The fourth-order valence-corrected chi connectivity index (χ4v) is 2.42. The van der Waals surface area contributed by atoms with E-state index in [0.717, 1.165) is 10.0 Å². The number of aliphatic hydroxyl groups excluding tert-OH is 1. The molecule has 0 spiro atoms. The van der Waals surface area contributed by atoms with Crippen LogP contribution >= 0.6 is 27.3 Å². The Hall–Kier alpha value is 0.140. The molecule has 0 aliphatic heterocycles. The van der Waals surface area contributed by atoms with Crippen LogP contribution in [0, 0.1) is 5.92 Å². The molecule has 0 fully saturated rings. The van der Waals surface area contributed by atoms with Crippen LogP contribution in [-0.2, 0) is 0 Å². The lowest BCUT2D eigenvalue weighted by Crippen LogP contribution is -2.04. The monoisotopic (exact) mass is 234 g/mol. The summed E-state index contributed by atoms with van der Waals surface area (Å²) in [5.41, 5.74) is 1.00. The van der Waals surface area contributed by atoms with Gasteiger partial charge in [-0.1, -0.05) is 13.8 Å². The Labute approximate surface area is 79.2 Å². The molecule has 3 heteroatoms. The first kappa shape index (κ1) is 9.23. The zero-order chi connectivity index (χ0) is 8.43. The normalized spacial score (nSPS) is 13.9. The highest BCUT2D eigenvalue weighted by Crippen LogP contribution is 2.31. The van der Waals surface area contributed by atoms with E-state index in [9.17, 15) is 5.11 Å². The van der Waals surface area contributed by atoms with E-state index in [0.29, 0.717) is 0 Å². The summed E-state index contributed by atoms with van der Waals surface area (Å²) in [6, 6.07) is 0. The molecule has 0 bridgehead atoms. The summed E-state index contributed by atoms with van der Waals surface area (Å²) in [5, 5.41) is 13.6. The standard InChI is InChI=1S/C8H11BrOS/c1-5(2)8(10)6-3-11-4-7(6)9/h3-5,8,10H,1-2H3. The lowest BCUT2D eigenvalue weighted by molar-refractivity contribution is 0.126. The van der Waals surface area contributed by atoms with Crippen molar-refractivity contribution in [1.82, 2.24) is 0 Å². The lowest BCUT2D eigenvalue weighted by Gasteiger charge is -2.13. The van der Waals surface area contributed by atoms with Gasteiger partial charge in [0.25, 0.3) is 0 Å². The van der Waals surface area contributed by atoms with Gasteiger partial charge in [0, 0.05) is 15.4 Å². The van der Waals surface area contributed by atoms with Crippen molar-refractivity contribution in [2.24, 2.45) is 5.92 Å². The second-order valence-electron chi connectivity index (χ2n) is 2.86. The molecule has 1 N–H and O–H groups in total. The molecule has 1 atom stereocenters. The molecule has 1 rings (SSSR count). The van der Waals surface area contributed by atoms with Gasteiger partial charge in [-0.2, -0.15) is 11.3 Å². The van der Waals surface area contributed by atoms with Crippen LogP contribution in [0.3, 0.4) is 0 Å². The quantitative estimate of drug-likeness (QED) is 0.834. The Balaban J connectivity index is 2.84. The van der Waals surface area contributed by atoms with Gasteiger partial charge < -0.3 is 5.11 Å². The maximum absolute atomic E-state index is 9.64. The predicted octanol–water partition coefficient (Wildman–Crippen LogP) is 3.20. The Kier molecular flexibility index (Phi) is 3.10. The third-order valence-corrected chi connectivity index (χ3v) is 3.34. The van der Waals surface area contributed by atoms with Gasteiger partial charge in [-0.25, -0.2) is 0 Å². The van der Waals surface area contributed by atoms with Crippen LogP contribution in [0.15, 0.2) is 15.2 Å². The van der Waals surface area contributed by atoms with E-state index in [1.54, 1.807) is 11.3 Å². The van der Waals surface area contributed by atoms with Crippen molar-refractivity contribution in [3.05, 3.63) is 20.8 Å². The first-order valence-corrected chi connectivity index (χ1v) is 5.26. The van der Waals surface area contributed by atoms with Crippen molar-refractivity contribution in [2.75, 3.05) is 0 Å². The van der Waals surface area contributed by atoms with Crippen molar-refractivity contribution in [2.45, 2.75) is 20.0 Å². The van der Waals surface area contributed by atoms with E-state index in [4.69, 9.17) is 0 Å². The van der Waals surface area contributed by atoms with Gasteiger partial charge >= 0.3 is 0 Å². The third kappa shape index (κ3) is 2.04. The van der Waals surface area contributed by atoms with Crippen LogP contribution in [0.25, 0.3) is 0 Å². The molecule has 11 heavy (non-hydrogen) atoms. The maximum Gasteiger partial charge on any atom is 0.0831 e. The minimum absolute atomic E-state index is 0.279. The first-order chi connectivity index (χ1) is 5.13. The summed E-state index contributed by atoms with van der Waals surface area (Å²) in [6.45, 7) is 4.02. The zero-order valence-corrected chi connectivity index (χ0v) is 8.95. The molecule has 1 aromatic rings. The van der Waals surface area contributed by atoms with Crippen molar-refractivity contribution < 1.29 is 5.11 Å². The molecule has 1 aromatic heterocycles. The number of hydrogen-bond acceptors (Lipinski definition) is 2. The maximum atomic E-state index is 9.64. The van der Waals surface area contributed by atoms with E-state index < -0.39 is 0 Å². The van der Waals surface area contributed by atoms with Crippen molar-refractivity contribution in [1.29, 1.82) is 0 Å².